The number of hydrogen-bond acceptors (Lipinski definition) is 3. The summed E-state index contributed by atoms with van der Waals surface area (Å²) < 4.78 is 7.05. The number of aryl methyl sites for hydroxylation is 2. The van der Waals surface area contributed by atoms with Crippen LogP contribution in [0.4, 0.5) is 0 Å². The minimum absolute atomic E-state index is 0.481. The van der Waals surface area contributed by atoms with Gasteiger partial charge < -0.3 is 9.30 Å². The van der Waals surface area contributed by atoms with Gasteiger partial charge in [-0.15, -0.1) is 0 Å². The molecule has 18 heavy (non-hydrogen) atoms. The molecule has 2 rings (SSSR count). The van der Waals surface area contributed by atoms with Crippen LogP contribution in [0, 0.1) is 18.3 Å². The summed E-state index contributed by atoms with van der Waals surface area (Å²) in [4.78, 5) is 4.25. The van der Waals surface area contributed by atoms with Crippen LogP contribution in [0.2, 0.25) is 5.02 Å². The second-order valence-electron chi connectivity index (χ2n) is 3.97. The number of nitrogens with zero attached hydrogens (tertiary/aromatic N) is 3. The molecule has 0 unspecified atom stereocenters. The van der Waals surface area contributed by atoms with Gasteiger partial charge in [-0.1, -0.05) is 11.6 Å². The van der Waals surface area contributed by atoms with Gasteiger partial charge in [0.15, 0.2) is 0 Å². The van der Waals surface area contributed by atoms with Crippen molar-refractivity contribution >= 4 is 11.6 Å². The monoisotopic (exact) mass is 261 g/mol. The van der Waals surface area contributed by atoms with Crippen LogP contribution in [0.15, 0.2) is 18.5 Å². The molecule has 0 saturated carbocycles. The zero-order valence-corrected chi connectivity index (χ0v) is 11.1. The topological polar surface area (TPSA) is 50.8 Å². The molecule has 1 heterocycles. The molecule has 5 heteroatoms. The molecule has 0 spiro atoms. The smallest absolute Gasteiger partial charge is 0.147 e. The predicted octanol–water partition coefficient (Wildman–Crippen LogP) is 2.93. The molecule has 0 fully saturated rings. The van der Waals surface area contributed by atoms with Crippen molar-refractivity contribution in [1.82, 2.24) is 9.55 Å². The second-order valence-corrected chi connectivity index (χ2v) is 4.40. The lowest BCUT2D eigenvalue weighted by molar-refractivity contribution is 0.413. The summed E-state index contributed by atoms with van der Waals surface area (Å²) in [5.74, 6) is 0.689. The lowest BCUT2D eigenvalue weighted by Gasteiger charge is -2.11. The average Bonchev–Trinajstić information content (AvgIpc) is 2.69. The Morgan fingerprint density at radius 1 is 1.44 bits per heavy atom. The van der Waals surface area contributed by atoms with Gasteiger partial charge in [-0.3, -0.25) is 0 Å². The van der Waals surface area contributed by atoms with Crippen molar-refractivity contribution in [2.75, 3.05) is 7.11 Å². The van der Waals surface area contributed by atoms with Crippen LogP contribution in [0.5, 0.6) is 5.75 Å². The Bertz CT molecular complexity index is 640. The highest BCUT2D eigenvalue weighted by molar-refractivity contribution is 6.31. The number of hydrogen-bond donors (Lipinski definition) is 0. The maximum atomic E-state index is 9.17. The minimum Gasteiger partial charge on any atom is -0.496 e. The molecule has 0 aliphatic heterocycles. The number of imidazole rings is 1. The lowest BCUT2D eigenvalue weighted by Crippen LogP contribution is -1.95. The first-order chi connectivity index (χ1) is 8.58. The first kappa shape index (κ1) is 12.5. The van der Waals surface area contributed by atoms with E-state index in [1.54, 1.807) is 31.1 Å². The third kappa shape index (κ3) is 1.93. The van der Waals surface area contributed by atoms with Crippen molar-refractivity contribution in [3.63, 3.8) is 0 Å². The van der Waals surface area contributed by atoms with Crippen LogP contribution in [-0.2, 0) is 7.05 Å². The molecule has 0 aliphatic rings. The van der Waals surface area contributed by atoms with Gasteiger partial charge in [0, 0.05) is 17.6 Å². The van der Waals surface area contributed by atoms with Gasteiger partial charge in [0.25, 0.3) is 0 Å². The summed E-state index contributed by atoms with van der Waals surface area (Å²) in [7, 11) is 3.37. The summed E-state index contributed by atoms with van der Waals surface area (Å²) >= 11 is 6.06. The molecule has 0 bridgehead atoms. The SMILES string of the molecule is COc1c(C)cc(Cl)cc1-c1ncn(C)c1C#N. The average molecular weight is 262 g/mol. The van der Waals surface area contributed by atoms with E-state index >= 15 is 0 Å². The molecular weight excluding hydrogens is 250 g/mol. The lowest BCUT2D eigenvalue weighted by atomic mass is 10.1. The van der Waals surface area contributed by atoms with E-state index in [2.05, 4.69) is 11.1 Å². The summed E-state index contributed by atoms with van der Waals surface area (Å²) in [6.07, 6.45) is 1.60. The molecular formula is C13H12ClN3O. The Morgan fingerprint density at radius 2 is 2.17 bits per heavy atom. The van der Waals surface area contributed by atoms with E-state index in [1.807, 2.05) is 13.0 Å². The van der Waals surface area contributed by atoms with Gasteiger partial charge in [-0.05, 0) is 24.6 Å². The molecule has 92 valence electrons. The van der Waals surface area contributed by atoms with Crippen molar-refractivity contribution in [1.29, 1.82) is 5.26 Å². The van der Waals surface area contributed by atoms with E-state index in [9.17, 15) is 0 Å². The van der Waals surface area contributed by atoms with Crippen LogP contribution in [-0.4, -0.2) is 16.7 Å². The number of rotatable bonds is 2. The van der Waals surface area contributed by atoms with Gasteiger partial charge >= 0.3 is 0 Å². The van der Waals surface area contributed by atoms with Crippen molar-refractivity contribution < 1.29 is 4.74 Å². The van der Waals surface area contributed by atoms with Crippen LogP contribution < -0.4 is 4.74 Å². The van der Waals surface area contributed by atoms with Gasteiger partial charge in [-0.25, -0.2) is 4.98 Å². The zero-order chi connectivity index (χ0) is 13.3. The van der Waals surface area contributed by atoms with Gasteiger partial charge in [-0.2, -0.15) is 5.26 Å². The number of methoxy groups -OCH3 is 1. The number of benzene rings is 1. The molecule has 1 aromatic heterocycles. The standard InChI is InChI=1S/C13H12ClN3O/c1-8-4-9(14)5-10(13(8)18-3)12-11(6-15)17(2)7-16-12/h4-5,7H,1-3H3. The van der Waals surface area contributed by atoms with Crippen molar-refractivity contribution in [3.05, 3.63) is 34.7 Å². The molecule has 1 aromatic carbocycles. The van der Waals surface area contributed by atoms with E-state index in [1.165, 1.54) is 0 Å². The third-order valence-corrected chi connectivity index (χ3v) is 2.96. The fourth-order valence-electron chi connectivity index (χ4n) is 1.94. The quantitative estimate of drug-likeness (QED) is 0.835. The molecule has 0 amide bonds. The fraction of sp³-hybridized carbons (Fsp3) is 0.231. The van der Waals surface area contributed by atoms with E-state index in [-0.39, 0.29) is 0 Å². The molecule has 0 radical (unpaired) electrons. The summed E-state index contributed by atoms with van der Waals surface area (Å²) in [6.45, 7) is 1.91. The van der Waals surface area contributed by atoms with E-state index in [0.29, 0.717) is 22.2 Å². The Hall–Kier alpha value is -1.99. The van der Waals surface area contributed by atoms with E-state index < -0.39 is 0 Å². The number of nitriles is 1. The van der Waals surface area contributed by atoms with Crippen molar-refractivity contribution in [2.24, 2.45) is 7.05 Å². The van der Waals surface area contributed by atoms with E-state index in [0.717, 1.165) is 11.1 Å². The highest BCUT2D eigenvalue weighted by Gasteiger charge is 2.17. The van der Waals surface area contributed by atoms with Crippen molar-refractivity contribution in [2.45, 2.75) is 6.92 Å². The summed E-state index contributed by atoms with van der Waals surface area (Å²) in [5, 5.41) is 9.76. The highest BCUT2D eigenvalue weighted by atomic mass is 35.5. The number of halogens is 1. The Morgan fingerprint density at radius 3 is 2.78 bits per heavy atom. The Balaban J connectivity index is 2.75. The van der Waals surface area contributed by atoms with Crippen LogP contribution in [0.25, 0.3) is 11.3 Å². The molecule has 4 nitrogen and oxygen atoms in total. The predicted molar refractivity (Wildman–Crippen MR) is 69.7 cm³/mol. The Labute approximate surface area is 110 Å². The molecule has 2 aromatic rings. The van der Waals surface area contributed by atoms with Gasteiger partial charge in [0.2, 0.25) is 0 Å². The maximum absolute atomic E-state index is 9.17. The molecule has 0 atom stereocenters. The first-order valence-electron chi connectivity index (χ1n) is 5.34. The maximum Gasteiger partial charge on any atom is 0.147 e. The number of aromatic nitrogens is 2. The normalized spacial score (nSPS) is 10.2. The highest BCUT2D eigenvalue weighted by Crippen LogP contribution is 2.36. The van der Waals surface area contributed by atoms with Crippen LogP contribution >= 0.6 is 11.6 Å². The second kappa shape index (κ2) is 4.71. The minimum atomic E-state index is 0.481. The fourth-order valence-corrected chi connectivity index (χ4v) is 2.21. The van der Waals surface area contributed by atoms with Crippen LogP contribution in [0.1, 0.15) is 11.3 Å². The van der Waals surface area contributed by atoms with E-state index in [4.69, 9.17) is 21.6 Å². The summed E-state index contributed by atoms with van der Waals surface area (Å²) in [6, 6.07) is 5.71. The van der Waals surface area contributed by atoms with Crippen LogP contribution in [0.3, 0.4) is 0 Å². The molecule has 0 aliphatic carbocycles. The third-order valence-electron chi connectivity index (χ3n) is 2.74. The largest absolute Gasteiger partial charge is 0.496 e. The number of ether oxygens (including phenoxy) is 1. The first-order valence-corrected chi connectivity index (χ1v) is 5.72. The molecule has 0 saturated heterocycles. The summed E-state index contributed by atoms with van der Waals surface area (Å²) in [5.41, 5.74) is 2.71. The Kier molecular flexibility index (Phi) is 3.26. The van der Waals surface area contributed by atoms with Gasteiger partial charge in [0.05, 0.1) is 13.4 Å². The zero-order valence-electron chi connectivity index (χ0n) is 10.4. The van der Waals surface area contributed by atoms with Gasteiger partial charge in [0.1, 0.15) is 23.2 Å². The molecule has 0 N–H and O–H groups in total. The van der Waals surface area contributed by atoms with Crippen molar-refractivity contribution in [3.8, 4) is 23.1 Å².